The molecule has 11 nitrogen and oxygen atoms in total. The first-order chi connectivity index (χ1) is 15.5. The second-order valence-electron chi connectivity index (χ2n) is 8.27. The first-order valence-corrected chi connectivity index (χ1v) is 10.5. The van der Waals surface area contributed by atoms with Gasteiger partial charge in [-0.2, -0.15) is 0 Å². The van der Waals surface area contributed by atoms with E-state index in [2.05, 4.69) is 4.98 Å². The summed E-state index contributed by atoms with van der Waals surface area (Å²) in [6.07, 6.45) is 0. The Labute approximate surface area is 191 Å². The van der Waals surface area contributed by atoms with Crippen LogP contribution in [-0.4, -0.2) is 60.1 Å². The minimum Gasteiger partial charge on any atom is -0.383 e. The average Bonchev–Trinajstić information content (AvgIpc) is 2.73. The predicted molar refractivity (Wildman–Crippen MR) is 126 cm³/mol. The van der Waals surface area contributed by atoms with Gasteiger partial charge >= 0.3 is 5.69 Å². The van der Waals surface area contributed by atoms with Gasteiger partial charge in [0.05, 0.1) is 13.2 Å². The van der Waals surface area contributed by atoms with Crippen LogP contribution >= 0.6 is 0 Å². The van der Waals surface area contributed by atoms with Gasteiger partial charge in [-0.3, -0.25) is 28.8 Å². The van der Waals surface area contributed by atoms with Gasteiger partial charge in [-0.25, -0.2) is 4.79 Å². The fourth-order valence-corrected chi connectivity index (χ4v) is 3.44. The van der Waals surface area contributed by atoms with Crippen molar-refractivity contribution >= 4 is 23.3 Å². The van der Waals surface area contributed by atoms with Gasteiger partial charge < -0.3 is 21.1 Å². The monoisotopic (exact) mass is 460 g/mol. The van der Waals surface area contributed by atoms with E-state index in [0.29, 0.717) is 12.1 Å². The molecule has 0 saturated carbocycles. The molecule has 0 spiro atoms. The highest BCUT2D eigenvalue weighted by atomic mass is 16.5. The number of primary amides is 1. The lowest BCUT2D eigenvalue weighted by molar-refractivity contribution is -0.119. The molecule has 0 bridgehead atoms. The van der Waals surface area contributed by atoms with E-state index in [0.717, 1.165) is 5.56 Å². The van der Waals surface area contributed by atoms with Gasteiger partial charge in [0.1, 0.15) is 5.82 Å². The van der Waals surface area contributed by atoms with Crippen molar-refractivity contribution in [2.45, 2.75) is 26.9 Å². The molecule has 2 rings (SSSR count). The lowest BCUT2D eigenvalue weighted by Gasteiger charge is -2.27. The summed E-state index contributed by atoms with van der Waals surface area (Å²) in [6.45, 7) is 4.67. The van der Waals surface area contributed by atoms with E-state index in [1.54, 1.807) is 30.1 Å². The summed E-state index contributed by atoms with van der Waals surface area (Å²) in [7, 11) is 3.21. The highest BCUT2D eigenvalue weighted by molar-refractivity contribution is 5.97. The summed E-state index contributed by atoms with van der Waals surface area (Å²) in [6, 6.07) is 6.82. The molecule has 2 aromatic rings. The molecule has 1 aromatic carbocycles. The van der Waals surface area contributed by atoms with E-state index in [-0.39, 0.29) is 43.7 Å². The molecule has 0 aliphatic rings. The molecule has 0 unspecified atom stereocenters. The number of hydrogen-bond acceptors (Lipinski definition) is 7. The molecule has 11 heteroatoms. The van der Waals surface area contributed by atoms with Gasteiger partial charge in [0.25, 0.3) is 5.56 Å². The third-order valence-corrected chi connectivity index (χ3v) is 4.92. The Balaban J connectivity index is 2.32. The Morgan fingerprint density at radius 1 is 1.24 bits per heavy atom. The van der Waals surface area contributed by atoms with Crippen molar-refractivity contribution in [3.8, 4) is 0 Å². The molecule has 33 heavy (non-hydrogen) atoms. The van der Waals surface area contributed by atoms with Crippen LogP contribution < -0.4 is 27.6 Å². The lowest BCUT2D eigenvalue weighted by Crippen LogP contribution is -2.46. The summed E-state index contributed by atoms with van der Waals surface area (Å²) >= 11 is 0. The number of hydrogen-bond donors (Lipinski definition) is 3. The third kappa shape index (κ3) is 6.77. The van der Waals surface area contributed by atoms with Gasteiger partial charge in [-0.1, -0.05) is 26.0 Å². The smallest absolute Gasteiger partial charge is 0.330 e. The highest BCUT2D eigenvalue weighted by Crippen LogP contribution is 2.18. The van der Waals surface area contributed by atoms with Crippen molar-refractivity contribution in [2.75, 3.05) is 44.5 Å². The first-order valence-electron chi connectivity index (χ1n) is 10.5. The largest absolute Gasteiger partial charge is 0.383 e. The fraction of sp³-hybridized carbons (Fsp3) is 0.455. The number of rotatable bonds is 11. The van der Waals surface area contributed by atoms with E-state index in [1.807, 2.05) is 19.9 Å². The molecule has 1 aromatic heterocycles. The van der Waals surface area contributed by atoms with Crippen LogP contribution in [0.5, 0.6) is 0 Å². The number of anilines is 2. The van der Waals surface area contributed by atoms with Crippen LogP contribution in [0.25, 0.3) is 0 Å². The number of aromatic amines is 1. The second kappa shape index (κ2) is 11.4. The van der Waals surface area contributed by atoms with Gasteiger partial charge in [-0.15, -0.1) is 0 Å². The number of carbonyl (C=O) groups is 2. The quantitative estimate of drug-likeness (QED) is 0.425. The molecule has 0 fully saturated rings. The number of likely N-dealkylation sites (N-methyl/N-ethyl adjacent to an activating group) is 1. The van der Waals surface area contributed by atoms with Crippen molar-refractivity contribution in [1.29, 1.82) is 0 Å². The van der Waals surface area contributed by atoms with Crippen LogP contribution in [0, 0.1) is 5.92 Å². The normalized spacial score (nSPS) is 11.2. The predicted octanol–water partition coefficient (Wildman–Crippen LogP) is -0.0149. The van der Waals surface area contributed by atoms with Crippen molar-refractivity contribution in [3.63, 3.8) is 0 Å². The van der Waals surface area contributed by atoms with Crippen molar-refractivity contribution in [1.82, 2.24) is 14.5 Å². The fourth-order valence-electron chi connectivity index (χ4n) is 3.44. The van der Waals surface area contributed by atoms with Gasteiger partial charge in [-0.05, 0) is 30.7 Å². The molecule has 180 valence electrons. The molecule has 2 amide bonds. The van der Waals surface area contributed by atoms with Crippen molar-refractivity contribution in [3.05, 3.63) is 56.2 Å². The van der Waals surface area contributed by atoms with Crippen LogP contribution in [0.1, 0.15) is 29.8 Å². The molecule has 5 N–H and O–H groups in total. The summed E-state index contributed by atoms with van der Waals surface area (Å²) in [5, 5.41) is 0. The number of H-pyrrole nitrogens is 1. The van der Waals surface area contributed by atoms with E-state index >= 15 is 0 Å². The Morgan fingerprint density at radius 2 is 1.94 bits per heavy atom. The Kier molecular flexibility index (Phi) is 8.94. The number of nitrogen functional groups attached to an aromatic ring is 1. The minimum absolute atomic E-state index is 0.0489. The lowest BCUT2D eigenvalue weighted by atomic mass is 10.1. The van der Waals surface area contributed by atoms with E-state index in [1.165, 1.54) is 16.6 Å². The van der Waals surface area contributed by atoms with E-state index < -0.39 is 23.1 Å². The van der Waals surface area contributed by atoms with Crippen LogP contribution in [0.15, 0.2) is 33.9 Å². The van der Waals surface area contributed by atoms with Gasteiger partial charge in [0.2, 0.25) is 11.8 Å². The average molecular weight is 461 g/mol. The molecule has 0 atom stereocenters. The summed E-state index contributed by atoms with van der Waals surface area (Å²) in [4.78, 5) is 54.8. The Morgan fingerprint density at radius 3 is 2.55 bits per heavy atom. The summed E-state index contributed by atoms with van der Waals surface area (Å²) < 4.78 is 6.36. The molecule has 1 heterocycles. The van der Waals surface area contributed by atoms with Crippen LogP contribution in [0.4, 0.5) is 11.5 Å². The SMILES string of the molecule is COCCN(C(=O)CN(C)Cc1cccc(C(N)=O)c1)c1c(N)n(CC(C)C)c(=O)[nH]c1=O. The standard InChI is InChI=1S/C22H32N6O5/c1-14(2)11-28-19(23)18(21(31)25-22(28)32)27(8-9-33-4)17(29)13-26(3)12-15-6-5-7-16(10-15)20(24)30/h5-7,10,14H,8-9,11-13,23H2,1-4H3,(H2,24,30)(H,25,31,32). The third-order valence-electron chi connectivity index (χ3n) is 4.92. The van der Waals surface area contributed by atoms with Crippen LogP contribution in [0.3, 0.4) is 0 Å². The number of methoxy groups -OCH3 is 1. The van der Waals surface area contributed by atoms with E-state index in [4.69, 9.17) is 16.2 Å². The zero-order valence-corrected chi connectivity index (χ0v) is 19.5. The van der Waals surface area contributed by atoms with Crippen molar-refractivity contribution < 1.29 is 14.3 Å². The number of aromatic nitrogens is 2. The Hall–Kier alpha value is -3.44. The van der Waals surface area contributed by atoms with Crippen LogP contribution in [0.2, 0.25) is 0 Å². The second-order valence-corrected chi connectivity index (χ2v) is 8.27. The molecule has 0 aliphatic carbocycles. The number of benzene rings is 1. The number of nitrogens with one attached hydrogen (secondary N) is 1. The zero-order chi connectivity index (χ0) is 24.7. The summed E-state index contributed by atoms with van der Waals surface area (Å²) in [5.41, 5.74) is 11.3. The van der Waals surface area contributed by atoms with E-state index in [9.17, 15) is 19.2 Å². The number of ether oxygens (including phenoxy) is 1. The molecule has 0 radical (unpaired) electrons. The van der Waals surface area contributed by atoms with Crippen LogP contribution in [-0.2, 0) is 22.6 Å². The Bertz CT molecular complexity index is 1110. The highest BCUT2D eigenvalue weighted by Gasteiger charge is 2.25. The number of carbonyl (C=O) groups excluding carboxylic acids is 2. The number of nitrogens with zero attached hydrogens (tertiary/aromatic N) is 3. The molecule has 0 saturated heterocycles. The molecular formula is C22H32N6O5. The minimum atomic E-state index is -0.737. The van der Waals surface area contributed by atoms with Gasteiger partial charge in [0, 0.05) is 32.3 Å². The first kappa shape index (κ1) is 25.8. The maximum atomic E-state index is 13.2. The topological polar surface area (TPSA) is 157 Å². The zero-order valence-electron chi connectivity index (χ0n) is 19.5. The van der Waals surface area contributed by atoms with Crippen molar-refractivity contribution in [2.24, 2.45) is 11.7 Å². The number of nitrogens with two attached hydrogens (primary N) is 2. The number of amides is 2. The maximum Gasteiger partial charge on any atom is 0.330 e. The molecule has 0 aliphatic heterocycles. The molecular weight excluding hydrogens is 428 g/mol. The maximum absolute atomic E-state index is 13.2. The van der Waals surface area contributed by atoms with Gasteiger partial charge in [0.15, 0.2) is 5.69 Å². The summed E-state index contributed by atoms with van der Waals surface area (Å²) in [5.74, 6) is -0.909.